The Morgan fingerprint density at radius 3 is 2.95 bits per heavy atom. The van der Waals surface area contributed by atoms with E-state index in [0.29, 0.717) is 23.7 Å². The Labute approximate surface area is 119 Å². The number of nitrogens with one attached hydrogen (secondary N) is 1. The Kier molecular flexibility index (Phi) is 3.70. The van der Waals surface area contributed by atoms with Crippen LogP contribution in [0.25, 0.3) is 0 Å². The topological polar surface area (TPSA) is 56.1 Å². The lowest BCUT2D eigenvalue weighted by Crippen LogP contribution is -2.34. The first-order valence-corrected chi connectivity index (χ1v) is 7.29. The van der Waals surface area contributed by atoms with E-state index in [1.165, 1.54) is 19.3 Å². The van der Waals surface area contributed by atoms with Gasteiger partial charge in [0.25, 0.3) is 0 Å². The van der Waals surface area contributed by atoms with Crippen LogP contribution in [0.2, 0.25) is 0 Å². The van der Waals surface area contributed by atoms with E-state index in [4.69, 9.17) is 5.26 Å². The molecule has 1 aromatic rings. The highest BCUT2D eigenvalue weighted by Crippen LogP contribution is 2.37. The second kappa shape index (κ2) is 5.64. The van der Waals surface area contributed by atoms with Gasteiger partial charge in [0.15, 0.2) is 0 Å². The number of carbonyl (C=O) groups is 1. The molecule has 2 unspecified atom stereocenters. The van der Waals surface area contributed by atoms with Crippen molar-refractivity contribution in [1.82, 2.24) is 4.90 Å². The van der Waals surface area contributed by atoms with Crippen molar-refractivity contribution in [3.8, 4) is 6.07 Å². The molecule has 1 aliphatic carbocycles. The molecular formula is C16H19N3O. The second-order valence-electron chi connectivity index (χ2n) is 5.78. The van der Waals surface area contributed by atoms with Crippen LogP contribution in [-0.4, -0.2) is 29.9 Å². The van der Waals surface area contributed by atoms with E-state index >= 15 is 0 Å². The van der Waals surface area contributed by atoms with Crippen LogP contribution in [0.5, 0.6) is 0 Å². The minimum atomic E-state index is -0.00419. The quantitative estimate of drug-likeness (QED) is 0.913. The molecule has 2 atom stereocenters. The fourth-order valence-electron chi connectivity index (χ4n) is 3.45. The van der Waals surface area contributed by atoms with Gasteiger partial charge in [0.2, 0.25) is 5.91 Å². The average Bonchev–Trinajstić information content (AvgIpc) is 3.08. The third kappa shape index (κ3) is 2.68. The third-order valence-corrected chi connectivity index (χ3v) is 4.47. The zero-order chi connectivity index (χ0) is 13.9. The van der Waals surface area contributed by atoms with Crippen molar-refractivity contribution >= 4 is 11.6 Å². The van der Waals surface area contributed by atoms with Crippen LogP contribution in [0.1, 0.15) is 31.2 Å². The maximum Gasteiger partial charge on any atom is 0.225 e. The number of benzene rings is 1. The zero-order valence-corrected chi connectivity index (χ0v) is 11.5. The summed E-state index contributed by atoms with van der Waals surface area (Å²) in [7, 11) is 0. The molecule has 0 spiro atoms. The first-order valence-electron chi connectivity index (χ1n) is 7.29. The molecule has 1 amide bonds. The van der Waals surface area contributed by atoms with Gasteiger partial charge in [0.05, 0.1) is 11.3 Å². The van der Waals surface area contributed by atoms with Gasteiger partial charge in [0.1, 0.15) is 6.07 Å². The molecule has 4 heteroatoms. The van der Waals surface area contributed by atoms with Gasteiger partial charge in [-0.1, -0.05) is 12.1 Å². The van der Waals surface area contributed by atoms with Crippen LogP contribution in [0, 0.1) is 17.2 Å². The highest BCUT2D eigenvalue weighted by Gasteiger charge is 2.37. The normalized spacial score (nSPS) is 24.6. The van der Waals surface area contributed by atoms with E-state index in [-0.39, 0.29) is 5.91 Å². The molecule has 1 saturated carbocycles. The summed E-state index contributed by atoms with van der Waals surface area (Å²) in [6.07, 6.45) is 4.48. The Bertz CT molecular complexity index is 549. The Morgan fingerprint density at radius 2 is 2.25 bits per heavy atom. The first-order chi connectivity index (χ1) is 9.76. The average molecular weight is 269 g/mol. The van der Waals surface area contributed by atoms with Crippen molar-refractivity contribution < 1.29 is 4.79 Å². The molecule has 1 heterocycles. The molecule has 0 aromatic heterocycles. The fraction of sp³-hybridized carbons (Fsp3) is 0.500. The van der Waals surface area contributed by atoms with Crippen LogP contribution >= 0.6 is 0 Å². The predicted octanol–water partition coefficient (Wildman–Crippen LogP) is 2.37. The van der Waals surface area contributed by atoms with E-state index in [9.17, 15) is 4.79 Å². The number of carbonyl (C=O) groups excluding carboxylic acids is 1. The molecule has 2 fully saturated rings. The number of nitriles is 1. The number of rotatable bonds is 4. The molecule has 1 N–H and O–H groups in total. The van der Waals surface area contributed by atoms with Gasteiger partial charge < -0.3 is 5.32 Å². The van der Waals surface area contributed by atoms with Crippen LogP contribution < -0.4 is 5.32 Å². The lowest BCUT2D eigenvalue weighted by atomic mass is 10.1. The van der Waals surface area contributed by atoms with E-state index in [2.05, 4.69) is 16.3 Å². The molecule has 2 bridgehead atoms. The van der Waals surface area contributed by atoms with Gasteiger partial charge in [-0.15, -0.1) is 0 Å². The van der Waals surface area contributed by atoms with Gasteiger partial charge >= 0.3 is 0 Å². The second-order valence-corrected chi connectivity index (χ2v) is 5.78. The summed E-state index contributed by atoms with van der Waals surface area (Å²) in [5.41, 5.74) is 1.13. The number of nitrogens with zero attached hydrogens (tertiary/aromatic N) is 2. The van der Waals surface area contributed by atoms with Crippen molar-refractivity contribution in [3.05, 3.63) is 29.8 Å². The molecular weight excluding hydrogens is 250 g/mol. The van der Waals surface area contributed by atoms with Gasteiger partial charge in [0, 0.05) is 25.6 Å². The number of amides is 1. The third-order valence-electron chi connectivity index (χ3n) is 4.47. The molecule has 20 heavy (non-hydrogen) atoms. The number of piperidine rings is 1. The summed E-state index contributed by atoms with van der Waals surface area (Å²) >= 11 is 0. The number of hydrogen-bond donors (Lipinski definition) is 1. The van der Waals surface area contributed by atoms with Crippen molar-refractivity contribution in [2.45, 2.75) is 31.7 Å². The minimum Gasteiger partial charge on any atom is -0.325 e. The van der Waals surface area contributed by atoms with Gasteiger partial charge in [-0.2, -0.15) is 5.26 Å². The summed E-state index contributed by atoms with van der Waals surface area (Å²) in [5, 5.41) is 11.8. The van der Waals surface area contributed by atoms with Crippen molar-refractivity contribution in [3.63, 3.8) is 0 Å². The maximum atomic E-state index is 12.0. The molecule has 0 radical (unpaired) electrons. The van der Waals surface area contributed by atoms with E-state index < -0.39 is 0 Å². The Balaban J connectivity index is 1.51. The standard InChI is InChI=1S/C16H19N3O/c17-10-13-3-1-2-4-15(13)18-16(20)7-8-19-11-12-5-6-14(19)9-12/h1-4,12,14H,5-9,11H2,(H,18,20). The highest BCUT2D eigenvalue weighted by atomic mass is 16.1. The monoisotopic (exact) mass is 269 g/mol. The Hall–Kier alpha value is -1.86. The van der Waals surface area contributed by atoms with Crippen LogP contribution in [0.4, 0.5) is 5.69 Å². The summed E-state index contributed by atoms with van der Waals surface area (Å²) in [5.74, 6) is 0.859. The van der Waals surface area contributed by atoms with E-state index in [1.807, 2.05) is 6.07 Å². The fourth-order valence-corrected chi connectivity index (χ4v) is 3.45. The minimum absolute atomic E-state index is 0.00419. The van der Waals surface area contributed by atoms with E-state index in [1.54, 1.807) is 18.2 Å². The molecule has 1 aliphatic heterocycles. The van der Waals surface area contributed by atoms with Crippen molar-refractivity contribution in [2.75, 3.05) is 18.4 Å². The first kappa shape index (κ1) is 13.1. The van der Waals surface area contributed by atoms with Crippen LogP contribution in [0.3, 0.4) is 0 Å². The molecule has 4 nitrogen and oxygen atoms in total. The largest absolute Gasteiger partial charge is 0.325 e. The SMILES string of the molecule is N#Cc1ccccc1NC(=O)CCN1CC2CCC1C2. The molecule has 1 saturated heterocycles. The molecule has 1 aromatic carbocycles. The molecule has 2 aliphatic rings. The predicted molar refractivity (Wildman–Crippen MR) is 77.1 cm³/mol. The smallest absolute Gasteiger partial charge is 0.225 e. The maximum absolute atomic E-state index is 12.0. The lowest BCUT2D eigenvalue weighted by molar-refractivity contribution is -0.116. The highest BCUT2D eigenvalue weighted by molar-refractivity contribution is 5.92. The summed E-state index contributed by atoms with van der Waals surface area (Å²) in [6.45, 7) is 1.99. The molecule has 3 rings (SSSR count). The molecule has 104 valence electrons. The van der Waals surface area contributed by atoms with Gasteiger partial charge in [-0.3, -0.25) is 9.69 Å². The van der Waals surface area contributed by atoms with E-state index in [0.717, 1.165) is 19.0 Å². The number of para-hydroxylation sites is 1. The van der Waals surface area contributed by atoms with Gasteiger partial charge in [-0.05, 0) is 37.3 Å². The zero-order valence-electron chi connectivity index (χ0n) is 11.5. The lowest BCUT2D eigenvalue weighted by Gasteiger charge is -2.26. The van der Waals surface area contributed by atoms with Gasteiger partial charge in [-0.25, -0.2) is 0 Å². The Morgan fingerprint density at radius 1 is 1.40 bits per heavy atom. The van der Waals surface area contributed by atoms with Crippen LogP contribution in [0.15, 0.2) is 24.3 Å². The summed E-state index contributed by atoms with van der Waals surface area (Å²) in [6, 6.07) is 9.92. The number of likely N-dealkylation sites (tertiary alicyclic amines) is 1. The number of fused-ring (bicyclic) bond motifs is 2. The number of hydrogen-bond acceptors (Lipinski definition) is 3. The summed E-state index contributed by atoms with van der Waals surface area (Å²) in [4.78, 5) is 14.4. The van der Waals surface area contributed by atoms with Crippen LogP contribution in [-0.2, 0) is 4.79 Å². The summed E-state index contributed by atoms with van der Waals surface area (Å²) < 4.78 is 0. The number of anilines is 1. The van der Waals surface area contributed by atoms with Crippen molar-refractivity contribution in [2.24, 2.45) is 5.92 Å². The van der Waals surface area contributed by atoms with Crippen molar-refractivity contribution in [1.29, 1.82) is 5.26 Å².